The molecule has 9 heteroatoms. The highest BCUT2D eigenvalue weighted by molar-refractivity contribution is 6.38. The van der Waals surface area contributed by atoms with Crippen LogP contribution in [0.3, 0.4) is 0 Å². The molecule has 0 atom stereocenters. The maximum atomic E-state index is 12.6. The number of amides is 2. The van der Waals surface area contributed by atoms with Crippen molar-refractivity contribution >= 4 is 58.0 Å². The maximum absolute atomic E-state index is 12.6. The number of rotatable bonds is 4. The van der Waals surface area contributed by atoms with Crippen molar-refractivity contribution in [3.8, 4) is 5.75 Å². The average molecular weight is 499 g/mol. The first kappa shape index (κ1) is 24.5. The van der Waals surface area contributed by atoms with Gasteiger partial charge in [0.25, 0.3) is 5.91 Å². The molecule has 6 nitrogen and oxygen atoms in total. The van der Waals surface area contributed by atoms with E-state index in [1.165, 1.54) is 19.2 Å². The number of hydrogen-bond acceptors (Lipinski definition) is 4. The van der Waals surface area contributed by atoms with Crippen molar-refractivity contribution in [3.05, 3.63) is 51.0 Å². The molecule has 0 unspecified atom stereocenters. The number of benzene rings is 2. The van der Waals surface area contributed by atoms with Crippen molar-refractivity contribution in [2.75, 3.05) is 43.5 Å². The van der Waals surface area contributed by atoms with Gasteiger partial charge >= 0.3 is 0 Å². The molecule has 0 aromatic heterocycles. The molecule has 2 aromatic rings. The van der Waals surface area contributed by atoms with Gasteiger partial charge in [0, 0.05) is 42.8 Å². The van der Waals surface area contributed by atoms with Crippen LogP contribution >= 0.6 is 34.8 Å². The Morgan fingerprint density at radius 1 is 0.938 bits per heavy atom. The minimum atomic E-state index is -0.391. The Kier molecular flexibility index (Phi) is 7.48. The van der Waals surface area contributed by atoms with Crippen LogP contribution in [0.15, 0.2) is 30.3 Å². The molecule has 1 N–H and O–H groups in total. The molecule has 1 fully saturated rings. The Morgan fingerprint density at radius 3 is 2.03 bits per heavy atom. The van der Waals surface area contributed by atoms with E-state index < -0.39 is 5.41 Å². The van der Waals surface area contributed by atoms with Gasteiger partial charge in [0.15, 0.2) is 5.75 Å². The van der Waals surface area contributed by atoms with E-state index in [-0.39, 0.29) is 21.9 Å². The zero-order valence-corrected chi connectivity index (χ0v) is 20.7. The number of carbonyl (C=O) groups excluding carboxylic acids is 2. The van der Waals surface area contributed by atoms with Crippen LogP contribution in [-0.2, 0) is 4.79 Å². The van der Waals surface area contributed by atoms with Crippen LogP contribution in [0.5, 0.6) is 5.75 Å². The summed E-state index contributed by atoms with van der Waals surface area (Å²) in [5.41, 5.74) is 1.33. The van der Waals surface area contributed by atoms with Gasteiger partial charge in [-0.15, -0.1) is 0 Å². The van der Waals surface area contributed by atoms with Gasteiger partial charge in [-0.2, -0.15) is 0 Å². The molecule has 3 rings (SSSR count). The van der Waals surface area contributed by atoms with E-state index in [0.29, 0.717) is 48.2 Å². The number of ether oxygens (including phenoxy) is 1. The zero-order chi connectivity index (χ0) is 23.6. The highest BCUT2D eigenvalue weighted by Crippen LogP contribution is 2.34. The fraction of sp³-hybridized carbons (Fsp3) is 0.391. The van der Waals surface area contributed by atoms with Crippen LogP contribution in [0, 0.1) is 5.41 Å². The second-order valence-corrected chi connectivity index (χ2v) is 9.84. The molecule has 172 valence electrons. The van der Waals surface area contributed by atoms with Gasteiger partial charge in [-0.1, -0.05) is 55.6 Å². The van der Waals surface area contributed by atoms with Crippen molar-refractivity contribution < 1.29 is 14.3 Å². The van der Waals surface area contributed by atoms with Gasteiger partial charge in [-0.05, 0) is 30.3 Å². The summed E-state index contributed by atoms with van der Waals surface area (Å²) in [7, 11) is 1.46. The highest BCUT2D eigenvalue weighted by Gasteiger charge is 2.30. The SMILES string of the molecule is COc1c(Cl)cc(C(=O)Nc2ccc(N3CCN(C(=O)C(C)(C)C)CC3)c(Cl)c2)cc1Cl. The Morgan fingerprint density at radius 2 is 1.53 bits per heavy atom. The second-order valence-electron chi connectivity index (χ2n) is 8.62. The van der Waals surface area contributed by atoms with Crippen molar-refractivity contribution in [2.24, 2.45) is 5.41 Å². The normalized spacial score (nSPS) is 14.3. The van der Waals surface area contributed by atoms with E-state index in [1.54, 1.807) is 12.1 Å². The van der Waals surface area contributed by atoms with Crippen LogP contribution in [0.1, 0.15) is 31.1 Å². The summed E-state index contributed by atoms with van der Waals surface area (Å²) < 4.78 is 5.11. The van der Waals surface area contributed by atoms with Crippen LogP contribution in [0.2, 0.25) is 15.1 Å². The molecular formula is C23H26Cl3N3O3. The molecule has 1 saturated heterocycles. The minimum Gasteiger partial charge on any atom is -0.494 e. The van der Waals surface area contributed by atoms with Gasteiger partial charge < -0.3 is 19.9 Å². The molecule has 1 aliphatic heterocycles. The molecule has 1 heterocycles. The summed E-state index contributed by atoms with van der Waals surface area (Å²) in [4.78, 5) is 29.2. The molecule has 0 aliphatic carbocycles. The van der Waals surface area contributed by atoms with Gasteiger partial charge in [0.05, 0.1) is 27.9 Å². The van der Waals surface area contributed by atoms with Crippen LogP contribution in [0.25, 0.3) is 0 Å². The first-order chi connectivity index (χ1) is 15.0. The van der Waals surface area contributed by atoms with E-state index in [9.17, 15) is 9.59 Å². The highest BCUT2D eigenvalue weighted by atomic mass is 35.5. The molecule has 2 aromatic carbocycles. The molecule has 0 bridgehead atoms. The lowest BCUT2D eigenvalue weighted by Gasteiger charge is -2.39. The predicted octanol–water partition coefficient (Wildman–Crippen LogP) is 5.60. The predicted molar refractivity (Wildman–Crippen MR) is 131 cm³/mol. The molecule has 0 spiro atoms. The lowest BCUT2D eigenvalue weighted by molar-refractivity contribution is -0.139. The fourth-order valence-corrected chi connectivity index (χ4v) is 4.50. The summed E-state index contributed by atoms with van der Waals surface area (Å²) in [5.74, 6) is 0.108. The third-order valence-corrected chi connectivity index (χ3v) is 6.08. The Hall–Kier alpha value is -2.15. The first-order valence-electron chi connectivity index (χ1n) is 10.2. The van der Waals surface area contributed by atoms with Crippen LogP contribution in [0.4, 0.5) is 11.4 Å². The standard InChI is InChI=1S/C23H26Cl3N3O3/c1-23(2,3)22(31)29-9-7-28(8-10-29)19-6-5-15(13-16(19)24)27-21(30)14-11-17(25)20(32-4)18(26)12-14/h5-6,11-13H,7-10H2,1-4H3,(H,27,30). The van der Waals surface area contributed by atoms with E-state index in [4.69, 9.17) is 39.5 Å². The van der Waals surface area contributed by atoms with Gasteiger partial charge in [0.1, 0.15) is 0 Å². The molecule has 1 aliphatic rings. The average Bonchev–Trinajstić information content (AvgIpc) is 2.72. The maximum Gasteiger partial charge on any atom is 0.255 e. The summed E-state index contributed by atoms with van der Waals surface area (Å²) >= 11 is 18.8. The summed E-state index contributed by atoms with van der Waals surface area (Å²) in [6.45, 7) is 8.46. The smallest absolute Gasteiger partial charge is 0.255 e. The monoisotopic (exact) mass is 497 g/mol. The van der Waals surface area contributed by atoms with Crippen molar-refractivity contribution in [3.63, 3.8) is 0 Å². The molecule has 32 heavy (non-hydrogen) atoms. The Balaban J connectivity index is 1.67. The number of carbonyl (C=O) groups is 2. The number of hydrogen-bond donors (Lipinski definition) is 1. The van der Waals surface area contributed by atoms with E-state index in [1.807, 2.05) is 31.7 Å². The number of piperazine rings is 1. The molecular weight excluding hydrogens is 473 g/mol. The van der Waals surface area contributed by atoms with Crippen LogP contribution in [-0.4, -0.2) is 50.0 Å². The van der Waals surface area contributed by atoms with E-state index in [0.717, 1.165) is 5.69 Å². The summed E-state index contributed by atoms with van der Waals surface area (Å²) in [5, 5.41) is 3.83. The second kappa shape index (κ2) is 9.77. The summed E-state index contributed by atoms with van der Waals surface area (Å²) in [6.07, 6.45) is 0. The van der Waals surface area contributed by atoms with E-state index >= 15 is 0 Å². The molecule has 2 amide bonds. The number of halogens is 3. The number of methoxy groups -OCH3 is 1. The first-order valence-corrected chi connectivity index (χ1v) is 11.3. The lowest BCUT2D eigenvalue weighted by Crippen LogP contribution is -2.51. The van der Waals surface area contributed by atoms with Gasteiger partial charge in [0.2, 0.25) is 5.91 Å². The van der Waals surface area contributed by atoms with E-state index in [2.05, 4.69) is 10.2 Å². The quantitative estimate of drug-likeness (QED) is 0.596. The van der Waals surface area contributed by atoms with Gasteiger partial charge in [-0.3, -0.25) is 9.59 Å². The van der Waals surface area contributed by atoms with Crippen LogP contribution < -0.4 is 15.0 Å². The van der Waals surface area contributed by atoms with Gasteiger partial charge in [-0.25, -0.2) is 0 Å². The fourth-order valence-electron chi connectivity index (χ4n) is 3.56. The lowest BCUT2D eigenvalue weighted by atomic mass is 9.94. The largest absolute Gasteiger partial charge is 0.494 e. The Bertz CT molecular complexity index is 1010. The van der Waals surface area contributed by atoms with Crippen molar-refractivity contribution in [2.45, 2.75) is 20.8 Å². The van der Waals surface area contributed by atoms with Crippen molar-refractivity contribution in [1.82, 2.24) is 4.90 Å². The zero-order valence-electron chi connectivity index (χ0n) is 18.5. The minimum absolute atomic E-state index is 0.153. The molecule has 0 saturated carbocycles. The number of nitrogens with zero attached hydrogens (tertiary/aromatic N) is 2. The van der Waals surface area contributed by atoms with Crippen molar-refractivity contribution in [1.29, 1.82) is 0 Å². The third-order valence-electron chi connectivity index (χ3n) is 5.22. The number of nitrogens with one attached hydrogen (secondary N) is 1. The third kappa shape index (κ3) is 5.42. The Labute approximate surface area is 203 Å². The molecule has 0 radical (unpaired) electrons. The number of anilines is 2. The summed E-state index contributed by atoms with van der Waals surface area (Å²) in [6, 6.07) is 8.35. The topological polar surface area (TPSA) is 61.9 Å².